The van der Waals surface area contributed by atoms with Crippen LogP contribution in [0.25, 0.3) is 0 Å². The summed E-state index contributed by atoms with van der Waals surface area (Å²) in [5, 5.41) is 15.8. The Morgan fingerprint density at radius 2 is 1.71 bits per heavy atom. The van der Waals surface area contributed by atoms with E-state index in [9.17, 15) is 27.9 Å². The highest BCUT2D eigenvalue weighted by atomic mass is 19.4. The molecule has 0 radical (unpaired) electrons. The Bertz CT molecular complexity index is 1570. The molecule has 13 heteroatoms. The summed E-state index contributed by atoms with van der Waals surface area (Å²) in [6.07, 6.45) is -2.61. The number of fused-ring (bicyclic) bond motifs is 1. The number of likely N-dealkylation sites (N-methyl/N-ethyl adjacent to an activating group) is 1. The van der Waals surface area contributed by atoms with E-state index in [4.69, 9.17) is 14.2 Å². The van der Waals surface area contributed by atoms with Crippen LogP contribution in [0.4, 0.5) is 29.3 Å². The number of halogens is 3. The number of hydrogen-bond donors (Lipinski definition) is 3. The van der Waals surface area contributed by atoms with Crippen LogP contribution < -0.4 is 20.1 Å². The third kappa shape index (κ3) is 11.6. The molecule has 0 aliphatic carbocycles. The zero-order chi connectivity index (χ0) is 37.1. The highest BCUT2D eigenvalue weighted by molar-refractivity contribution is 6.02. The van der Waals surface area contributed by atoms with Crippen LogP contribution in [0.2, 0.25) is 0 Å². The molecule has 51 heavy (non-hydrogen) atoms. The lowest BCUT2D eigenvalue weighted by atomic mass is 10.0. The lowest BCUT2D eigenvalue weighted by molar-refractivity contribution is -0.137. The van der Waals surface area contributed by atoms with Crippen molar-refractivity contribution in [2.75, 3.05) is 51.1 Å². The van der Waals surface area contributed by atoms with E-state index < -0.39 is 23.8 Å². The van der Waals surface area contributed by atoms with Gasteiger partial charge in [-0.05, 0) is 100 Å². The minimum atomic E-state index is -4.40. The van der Waals surface area contributed by atoms with Gasteiger partial charge in [0.25, 0.3) is 5.91 Å². The highest BCUT2D eigenvalue weighted by Gasteiger charge is 2.32. The Morgan fingerprint density at radius 3 is 2.35 bits per heavy atom. The molecule has 1 aliphatic rings. The fourth-order valence-corrected chi connectivity index (χ4v) is 5.91. The Morgan fingerprint density at radius 1 is 1.04 bits per heavy atom. The molecular weight excluding hydrogens is 665 g/mol. The first-order valence-electron chi connectivity index (χ1n) is 17.2. The second-order valence-corrected chi connectivity index (χ2v) is 13.2. The first-order valence-corrected chi connectivity index (χ1v) is 17.2. The van der Waals surface area contributed by atoms with Gasteiger partial charge in [0.2, 0.25) is 0 Å². The predicted octanol–water partition coefficient (Wildman–Crippen LogP) is 7.29. The third-order valence-electron chi connectivity index (χ3n) is 8.88. The fourth-order valence-electron chi connectivity index (χ4n) is 5.91. The molecule has 0 bridgehead atoms. The summed E-state index contributed by atoms with van der Waals surface area (Å²) in [5.41, 5.74) is 1.21. The zero-order valence-electron chi connectivity index (χ0n) is 29.8. The van der Waals surface area contributed by atoms with Gasteiger partial charge in [0, 0.05) is 43.5 Å². The Balaban J connectivity index is 1.55. The number of carbonyl (C=O) groups is 2. The van der Waals surface area contributed by atoms with Gasteiger partial charge >= 0.3 is 12.2 Å². The summed E-state index contributed by atoms with van der Waals surface area (Å²) in [6.45, 7) is 6.99. The molecule has 0 saturated heterocycles. The van der Waals surface area contributed by atoms with Crippen LogP contribution in [0, 0.1) is 5.92 Å². The summed E-state index contributed by atoms with van der Waals surface area (Å²) in [4.78, 5) is 30.9. The van der Waals surface area contributed by atoms with Gasteiger partial charge in [0.05, 0.1) is 43.1 Å². The van der Waals surface area contributed by atoms with E-state index >= 15 is 0 Å². The first-order chi connectivity index (χ1) is 24.3. The van der Waals surface area contributed by atoms with Crippen molar-refractivity contribution in [1.82, 2.24) is 9.80 Å². The van der Waals surface area contributed by atoms with Crippen LogP contribution in [0.5, 0.6) is 11.5 Å². The summed E-state index contributed by atoms with van der Waals surface area (Å²) in [5.74, 6) is 0.455. The fraction of sp³-hybridized carbons (Fsp3) is 0.474. The van der Waals surface area contributed by atoms with Crippen molar-refractivity contribution in [1.29, 1.82) is 0 Å². The Kier molecular flexibility index (Phi) is 14.1. The normalized spacial score (nSPS) is 19.8. The second-order valence-electron chi connectivity index (χ2n) is 13.2. The van der Waals surface area contributed by atoms with Gasteiger partial charge in [-0.25, -0.2) is 4.79 Å². The van der Waals surface area contributed by atoms with Crippen molar-refractivity contribution in [3.05, 3.63) is 83.4 Å². The van der Waals surface area contributed by atoms with Crippen molar-refractivity contribution in [3.8, 4) is 11.5 Å². The van der Waals surface area contributed by atoms with Crippen LogP contribution in [-0.2, 0) is 17.5 Å². The number of benzene rings is 3. The molecular formula is C38H49F3N4O6. The molecule has 0 fully saturated rings. The van der Waals surface area contributed by atoms with Crippen LogP contribution >= 0.6 is 0 Å². The van der Waals surface area contributed by atoms with Crippen LogP contribution in [0.1, 0.15) is 61.5 Å². The van der Waals surface area contributed by atoms with E-state index in [1.54, 1.807) is 61.4 Å². The van der Waals surface area contributed by atoms with E-state index in [0.29, 0.717) is 49.0 Å². The van der Waals surface area contributed by atoms with Crippen LogP contribution in [0.15, 0.2) is 66.7 Å². The van der Waals surface area contributed by atoms with Crippen molar-refractivity contribution in [2.45, 2.75) is 71.0 Å². The van der Waals surface area contributed by atoms with E-state index in [1.807, 2.05) is 25.8 Å². The lowest BCUT2D eigenvalue weighted by Gasteiger charge is -2.36. The largest absolute Gasteiger partial charge is 0.497 e. The summed E-state index contributed by atoms with van der Waals surface area (Å²) in [7, 11) is 3.44. The van der Waals surface area contributed by atoms with Gasteiger partial charge in [-0.3, -0.25) is 9.69 Å². The number of methoxy groups -OCH3 is 1. The number of urea groups is 1. The average molecular weight is 715 g/mol. The topological polar surface area (TPSA) is 113 Å². The van der Waals surface area contributed by atoms with Crippen molar-refractivity contribution in [2.24, 2.45) is 5.92 Å². The lowest BCUT2D eigenvalue weighted by Crippen LogP contribution is -2.47. The van der Waals surface area contributed by atoms with E-state index in [2.05, 4.69) is 10.6 Å². The molecule has 3 aromatic rings. The number of nitrogens with zero attached hydrogens (tertiary/aromatic N) is 2. The maximum atomic E-state index is 14.4. The molecule has 278 valence electrons. The molecule has 4 atom stereocenters. The summed E-state index contributed by atoms with van der Waals surface area (Å²) < 4.78 is 57.1. The van der Waals surface area contributed by atoms with Crippen LogP contribution in [-0.4, -0.2) is 85.6 Å². The van der Waals surface area contributed by atoms with Gasteiger partial charge in [-0.1, -0.05) is 19.1 Å². The van der Waals surface area contributed by atoms with Crippen molar-refractivity contribution in [3.63, 3.8) is 0 Å². The monoisotopic (exact) mass is 714 g/mol. The number of anilines is 2. The molecule has 0 aromatic heterocycles. The third-order valence-corrected chi connectivity index (χ3v) is 8.88. The van der Waals surface area contributed by atoms with Gasteiger partial charge in [0.15, 0.2) is 0 Å². The Hall–Kier alpha value is -4.33. The van der Waals surface area contributed by atoms with E-state index in [-0.39, 0.29) is 42.7 Å². The quantitative estimate of drug-likeness (QED) is 0.214. The zero-order valence-corrected chi connectivity index (χ0v) is 29.8. The van der Waals surface area contributed by atoms with Crippen molar-refractivity contribution >= 4 is 23.3 Å². The standard InChI is InChI=1S/C38H49F3N4O6/c1-25-21-45(26(2)24-46)36(47)33-20-31(43-37(48)42-30-13-16-32(49-5)17-14-30)15-18-34(33)51-27(3)8-6-7-19-50-35(25)23-44(4)22-28-9-11-29(12-10-28)38(39,40)41/h9-18,20,25-27,35,46H,6-8,19,21-24H2,1-5H3,(H2,42,43,48)/t25-,26-,27+,35+/m0/s1. The van der Waals surface area contributed by atoms with E-state index in [1.165, 1.54) is 12.1 Å². The number of alkyl halides is 3. The molecule has 3 aromatic carbocycles. The van der Waals surface area contributed by atoms with Gasteiger partial charge in [0.1, 0.15) is 11.5 Å². The number of amides is 3. The number of nitrogens with one attached hydrogen (secondary N) is 2. The number of ether oxygens (including phenoxy) is 3. The maximum Gasteiger partial charge on any atom is 0.416 e. The van der Waals surface area contributed by atoms with E-state index in [0.717, 1.165) is 30.5 Å². The summed E-state index contributed by atoms with van der Waals surface area (Å²) in [6, 6.07) is 15.9. The molecule has 0 saturated carbocycles. The number of rotatable bonds is 9. The number of aliphatic hydroxyl groups is 1. The Labute approximate surface area is 297 Å². The average Bonchev–Trinajstić information content (AvgIpc) is 3.09. The number of aliphatic hydroxyl groups excluding tert-OH is 1. The van der Waals surface area contributed by atoms with Crippen LogP contribution in [0.3, 0.4) is 0 Å². The molecule has 1 heterocycles. The van der Waals surface area contributed by atoms with Gasteiger partial charge in [-0.15, -0.1) is 0 Å². The SMILES string of the molecule is COc1ccc(NC(=O)Nc2ccc3c(c2)C(=O)N([C@@H](C)CO)C[C@H](C)[C@@H](CN(C)Cc2ccc(C(F)(F)F)cc2)OCCCC[C@@H](C)O3)cc1. The molecule has 10 nitrogen and oxygen atoms in total. The van der Waals surface area contributed by atoms with Gasteiger partial charge < -0.3 is 34.9 Å². The smallest absolute Gasteiger partial charge is 0.416 e. The number of carbonyl (C=O) groups excluding carboxylic acids is 2. The second kappa shape index (κ2) is 18.2. The molecule has 3 N–H and O–H groups in total. The molecule has 1 aliphatic heterocycles. The maximum absolute atomic E-state index is 14.4. The molecule has 0 unspecified atom stereocenters. The summed E-state index contributed by atoms with van der Waals surface area (Å²) >= 11 is 0. The molecule has 3 amide bonds. The molecule has 4 rings (SSSR count). The highest BCUT2D eigenvalue weighted by Crippen LogP contribution is 2.30. The minimum Gasteiger partial charge on any atom is -0.497 e. The van der Waals surface area contributed by atoms with Crippen molar-refractivity contribution < 1.29 is 42.1 Å². The minimum absolute atomic E-state index is 0.194. The molecule has 0 spiro atoms. The van der Waals surface area contributed by atoms with Gasteiger partial charge in [-0.2, -0.15) is 13.2 Å². The number of hydrogen-bond acceptors (Lipinski definition) is 7. The first kappa shape index (κ1) is 39.5. The predicted molar refractivity (Wildman–Crippen MR) is 190 cm³/mol.